The van der Waals surface area contributed by atoms with Crippen LogP contribution in [-0.2, 0) is 23.9 Å². The van der Waals surface area contributed by atoms with Crippen LogP contribution in [0.15, 0.2) is 0 Å². The van der Waals surface area contributed by atoms with Gasteiger partial charge >= 0.3 is 5.97 Å². The maximum Gasteiger partial charge on any atom is 0.312 e. The normalized spacial score (nSPS) is 37.3. The number of hydrogen-bond acceptors (Lipinski definition) is 6. The predicted molar refractivity (Wildman–Crippen MR) is 104 cm³/mol. The Hall–Kier alpha value is -1.19. The first kappa shape index (κ1) is 21.5. The van der Waals surface area contributed by atoms with Gasteiger partial charge in [-0.3, -0.25) is 14.4 Å². The van der Waals surface area contributed by atoms with Crippen LogP contribution in [0.25, 0.3) is 0 Å². The Labute approximate surface area is 173 Å². The molecule has 3 aliphatic heterocycles. The number of aliphatic hydroxyl groups excluding tert-OH is 1. The van der Waals surface area contributed by atoms with Crippen LogP contribution >= 0.6 is 15.9 Å². The van der Waals surface area contributed by atoms with E-state index in [0.29, 0.717) is 12.8 Å². The third-order valence-corrected chi connectivity index (χ3v) is 6.89. The van der Waals surface area contributed by atoms with Gasteiger partial charge in [0.25, 0.3) is 0 Å². The minimum atomic E-state index is -1.10. The molecule has 8 nitrogen and oxygen atoms in total. The van der Waals surface area contributed by atoms with Gasteiger partial charge in [0, 0.05) is 10.9 Å². The lowest BCUT2D eigenvalue weighted by Gasteiger charge is -2.36. The van der Waals surface area contributed by atoms with Gasteiger partial charge in [-0.2, -0.15) is 0 Å². The fourth-order valence-corrected chi connectivity index (χ4v) is 5.99. The molecule has 2 N–H and O–H groups in total. The Morgan fingerprint density at radius 1 is 1.43 bits per heavy atom. The van der Waals surface area contributed by atoms with Crippen LogP contribution in [0.4, 0.5) is 0 Å². The number of nitrogens with one attached hydrogen (secondary N) is 1. The molecule has 0 aromatic rings. The van der Waals surface area contributed by atoms with Gasteiger partial charge in [-0.15, -0.1) is 0 Å². The molecule has 2 amide bonds. The molecule has 1 spiro atoms. The molecule has 0 aromatic heterocycles. The van der Waals surface area contributed by atoms with E-state index in [1.807, 2.05) is 20.8 Å². The maximum atomic E-state index is 13.5. The number of esters is 1. The summed E-state index contributed by atoms with van der Waals surface area (Å²) in [7, 11) is 0. The minimum Gasteiger partial charge on any atom is -0.466 e. The largest absolute Gasteiger partial charge is 0.466 e. The van der Waals surface area contributed by atoms with Crippen LogP contribution in [0.5, 0.6) is 0 Å². The lowest BCUT2D eigenvalue weighted by atomic mass is 9.70. The highest BCUT2D eigenvalue weighted by molar-refractivity contribution is 9.09. The number of rotatable bonds is 7. The fraction of sp³-hybridized carbons (Fsp3) is 0.842. The smallest absolute Gasteiger partial charge is 0.312 e. The SMILES string of the molecule is CCOC(=O)[C@H]1[C@@H]2OC3(CC2Br)C(C(=O)NC(C)C)N([C@@H](CC)CO)C(=O)[C@H]13. The molecule has 28 heavy (non-hydrogen) atoms. The second-order valence-electron chi connectivity index (χ2n) is 8.07. The van der Waals surface area contributed by atoms with Crippen LogP contribution in [0.2, 0.25) is 0 Å². The van der Waals surface area contributed by atoms with Crippen LogP contribution in [0.3, 0.4) is 0 Å². The Balaban J connectivity index is 2.08. The first-order valence-electron chi connectivity index (χ1n) is 9.95. The highest BCUT2D eigenvalue weighted by Crippen LogP contribution is 2.60. The van der Waals surface area contributed by atoms with Crippen molar-refractivity contribution in [2.45, 2.75) is 75.2 Å². The van der Waals surface area contributed by atoms with E-state index in [1.165, 1.54) is 4.90 Å². The van der Waals surface area contributed by atoms with Crippen LogP contribution in [-0.4, -0.2) is 75.7 Å². The second-order valence-corrected chi connectivity index (χ2v) is 9.25. The molecule has 3 aliphatic rings. The van der Waals surface area contributed by atoms with E-state index in [-0.39, 0.29) is 35.9 Å². The van der Waals surface area contributed by atoms with Crippen LogP contribution < -0.4 is 5.32 Å². The van der Waals surface area contributed by atoms with E-state index in [2.05, 4.69) is 21.2 Å². The molecular formula is C19H29BrN2O6. The first-order chi connectivity index (χ1) is 13.2. The van der Waals surface area contributed by atoms with Crippen molar-refractivity contribution < 1.29 is 29.0 Å². The predicted octanol–water partition coefficient (Wildman–Crippen LogP) is 0.593. The molecular weight excluding hydrogens is 432 g/mol. The average Bonchev–Trinajstić information content (AvgIpc) is 3.20. The molecule has 3 rings (SSSR count). The topological polar surface area (TPSA) is 105 Å². The molecule has 0 radical (unpaired) electrons. The monoisotopic (exact) mass is 460 g/mol. The summed E-state index contributed by atoms with van der Waals surface area (Å²) in [5, 5.41) is 12.7. The molecule has 3 saturated heterocycles. The zero-order valence-corrected chi connectivity index (χ0v) is 18.3. The quantitative estimate of drug-likeness (QED) is 0.425. The van der Waals surface area contributed by atoms with Crippen molar-refractivity contribution in [2.75, 3.05) is 13.2 Å². The van der Waals surface area contributed by atoms with Crippen molar-refractivity contribution in [1.29, 1.82) is 0 Å². The van der Waals surface area contributed by atoms with E-state index in [1.54, 1.807) is 6.92 Å². The number of hydrogen-bond donors (Lipinski definition) is 2. The van der Waals surface area contributed by atoms with Gasteiger partial charge in [-0.05, 0) is 33.6 Å². The van der Waals surface area contributed by atoms with Crippen molar-refractivity contribution in [3.63, 3.8) is 0 Å². The van der Waals surface area contributed by atoms with Crippen LogP contribution in [0, 0.1) is 11.8 Å². The first-order valence-corrected chi connectivity index (χ1v) is 10.9. The number of aliphatic hydroxyl groups is 1. The van der Waals surface area contributed by atoms with Gasteiger partial charge in [0.1, 0.15) is 11.6 Å². The van der Waals surface area contributed by atoms with E-state index in [9.17, 15) is 19.5 Å². The van der Waals surface area contributed by atoms with E-state index < -0.39 is 41.6 Å². The number of carbonyl (C=O) groups is 3. The molecule has 0 saturated carbocycles. The number of ether oxygens (including phenoxy) is 2. The summed E-state index contributed by atoms with van der Waals surface area (Å²) in [4.78, 5) is 40.7. The third kappa shape index (κ3) is 3.06. The molecule has 0 aromatic carbocycles. The second kappa shape index (κ2) is 7.91. The lowest BCUT2D eigenvalue weighted by molar-refractivity contribution is -0.155. The number of fused-ring (bicyclic) bond motifs is 1. The van der Waals surface area contributed by atoms with Crippen molar-refractivity contribution in [3.05, 3.63) is 0 Å². The molecule has 0 aliphatic carbocycles. The lowest BCUT2D eigenvalue weighted by Crippen LogP contribution is -2.59. The summed E-state index contributed by atoms with van der Waals surface area (Å²) >= 11 is 3.58. The van der Waals surface area contributed by atoms with Gasteiger partial charge in [0.05, 0.1) is 37.2 Å². The summed E-state index contributed by atoms with van der Waals surface area (Å²) in [6.07, 6.45) is 0.416. The van der Waals surface area contributed by atoms with Crippen molar-refractivity contribution in [3.8, 4) is 0 Å². The Morgan fingerprint density at radius 2 is 2.11 bits per heavy atom. The molecule has 3 heterocycles. The van der Waals surface area contributed by atoms with Gasteiger partial charge in [-0.1, -0.05) is 22.9 Å². The molecule has 7 atom stereocenters. The molecule has 3 unspecified atom stereocenters. The number of alkyl halides is 1. The average molecular weight is 461 g/mol. The van der Waals surface area contributed by atoms with Crippen LogP contribution in [0.1, 0.15) is 40.5 Å². The van der Waals surface area contributed by atoms with Crippen molar-refractivity contribution >= 4 is 33.7 Å². The number of amides is 2. The summed E-state index contributed by atoms with van der Waals surface area (Å²) in [6.45, 7) is 7.21. The maximum absolute atomic E-state index is 13.5. The fourth-order valence-electron chi connectivity index (χ4n) is 5.05. The Morgan fingerprint density at radius 3 is 2.64 bits per heavy atom. The molecule has 2 bridgehead atoms. The summed E-state index contributed by atoms with van der Waals surface area (Å²) in [6, 6.07) is -1.53. The Bertz CT molecular complexity index is 654. The minimum absolute atomic E-state index is 0.117. The van der Waals surface area contributed by atoms with Gasteiger partial charge in [0.2, 0.25) is 11.8 Å². The van der Waals surface area contributed by atoms with Crippen molar-refractivity contribution in [2.24, 2.45) is 11.8 Å². The van der Waals surface area contributed by atoms with Crippen molar-refractivity contribution in [1.82, 2.24) is 10.2 Å². The van der Waals surface area contributed by atoms with E-state index in [0.717, 1.165) is 0 Å². The van der Waals surface area contributed by atoms with E-state index in [4.69, 9.17) is 9.47 Å². The number of nitrogens with zero attached hydrogens (tertiary/aromatic N) is 1. The highest BCUT2D eigenvalue weighted by Gasteiger charge is 2.77. The third-order valence-electron chi connectivity index (χ3n) is 6.04. The number of carbonyl (C=O) groups excluding carboxylic acids is 3. The number of halogens is 1. The zero-order chi connectivity index (χ0) is 20.8. The summed E-state index contributed by atoms with van der Waals surface area (Å²) < 4.78 is 11.5. The molecule has 3 fully saturated rings. The zero-order valence-electron chi connectivity index (χ0n) is 16.7. The molecule has 9 heteroatoms. The highest BCUT2D eigenvalue weighted by atomic mass is 79.9. The standard InChI is InChI=1S/C19H29BrN2O6/c1-5-10(8-23)22-15(16(24)21-9(3)4)19-7-11(20)14(28-19)12(13(19)17(22)25)18(26)27-6-2/h9-15,23H,5-8H2,1-4H3,(H,21,24)/t10-,11?,12+,13-,14+,15?,19?/m0/s1. The van der Waals surface area contributed by atoms with Gasteiger partial charge < -0.3 is 24.8 Å². The van der Waals surface area contributed by atoms with E-state index >= 15 is 0 Å². The Kier molecular flexibility index (Phi) is 6.08. The van der Waals surface area contributed by atoms with Gasteiger partial charge in [-0.25, -0.2) is 0 Å². The van der Waals surface area contributed by atoms with Gasteiger partial charge in [0.15, 0.2) is 0 Å². The summed E-state index contributed by atoms with van der Waals surface area (Å²) in [5.41, 5.74) is -1.10. The summed E-state index contributed by atoms with van der Waals surface area (Å²) in [5.74, 6) is -2.65. The molecule has 158 valence electrons. The number of likely N-dealkylation sites (tertiary alicyclic amines) is 1.